The molecule has 88 valence electrons. The smallest absolute Gasteiger partial charge is 0.110 e. The highest BCUT2D eigenvalue weighted by Crippen LogP contribution is 2.09. The summed E-state index contributed by atoms with van der Waals surface area (Å²) in [7, 11) is 0. The van der Waals surface area contributed by atoms with Gasteiger partial charge >= 0.3 is 0 Å². The number of nitriles is 1. The standard InChI is InChI=1S/C14H16N2O/c15-9-12-4-3-5-13(8-12)10-16-11-14-6-1-2-7-17-14/h2-5,7-8,14,16H,1,6,10-11H2. The second kappa shape index (κ2) is 6.07. The van der Waals surface area contributed by atoms with E-state index >= 15 is 0 Å². The molecule has 0 saturated carbocycles. The minimum absolute atomic E-state index is 0.277. The predicted molar refractivity (Wildman–Crippen MR) is 66.1 cm³/mol. The zero-order valence-corrected chi connectivity index (χ0v) is 9.73. The van der Waals surface area contributed by atoms with Crippen molar-refractivity contribution in [2.24, 2.45) is 0 Å². The first-order valence-electron chi connectivity index (χ1n) is 5.89. The second-order valence-electron chi connectivity index (χ2n) is 4.15. The van der Waals surface area contributed by atoms with E-state index in [1.54, 1.807) is 6.26 Å². The molecular formula is C14H16N2O. The van der Waals surface area contributed by atoms with Gasteiger partial charge in [0, 0.05) is 13.1 Å². The number of ether oxygens (including phenoxy) is 1. The molecule has 0 amide bonds. The fourth-order valence-corrected chi connectivity index (χ4v) is 1.86. The molecule has 1 N–H and O–H groups in total. The Bertz CT molecular complexity index is 434. The van der Waals surface area contributed by atoms with Gasteiger partial charge in [0.05, 0.1) is 17.9 Å². The molecule has 1 heterocycles. The van der Waals surface area contributed by atoms with E-state index in [1.165, 1.54) is 0 Å². The molecule has 1 aliphatic rings. The van der Waals surface area contributed by atoms with Crippen LogP contribution in [0.15, 0.2) is 36.6 Å². The van der Waals surface area contributed by atoms with Gasteiger partial charge in [0.1, 0.15) is 6.10 Å². The zero-order chi connectivity index (χ0) is 11.9. The molecule has 0 aliphatic carbocycles. The van der Waals surface area contributed by atoms with Crippen molar-refractivity contribution in [2.45, 2.75) is 25.5 Å². The average Bonchev–Trinajstić information content (AvgIpc) is 2.40. The third-order valence-electron chi connectivity index (χ3n) is 2.78. The molecule has 0 radical (unpaired) electrons. The van der Waals surface area contributed by atoms with Gasteiger partial charge < -0.3 is 10.1 Å². The maximum absolute atomic E-state index is 8.79. The van der Waals surface area contributed by atoms with Gasteiger partial charge in [-0.25, -0.2) is 0 Å². The molecule has 1 aromatic carbocycles. The van der Waals surface area contributed by atoms with Crippen LogP contribution in [-0.4, -0.2) is 12.6 Å². The van der Waals surface area contributed by atoms with Crippen molar-refractivity contribution in [2.75, 3.05) is 6.54 Å². The summed E-state index contributed by atoms with van der Waals surface area (Å²) in [6, 6.07) is 9.81. The van der Waals surface area contributed by atoms with Crippen LogP contribution in [0.2, 0.25) is 0 Å². The maximum atomic E-state index is 8.79. The first kappa shape index (κ1) is 11.7. The number of nitrogens with zero attached hydrogens (tertiary/aromatic N) is 1. The largest absolute Gasteiger partial charge is 0.497 e. The Kier molecular flexibility index (Phi) is 4.17. The number of rotatable bonds is 4. The minimum atomic E-state index is 0.277. The Morgan fingerprint density at radius 1 is 1.47 bits per heavy atom. The molecule has 1 aliphatic heterocycles. The van der Waals surface area contributed by atoms with E-state index in [0.29, 0.717) is 5.56 Å². The first-order chi connectivity index (χ1) is 8.38. The van der Waals surface area contributed by atoms with Gasteiger partial charge in [-0.1, -0.05) is 12.1 Å². The monoisotopic (exact) mass is 228 g/mol. The predicted octanol–water partition coefficient (Wildman–Crippen LogP) is 2.34. The summed E-state index contributed by atoms with van der Waals surface area (Å²) < 4.78 is 5.47. The van der Waals surface area contributed by atoms with Crippen LogP contribution >= 0.6 is 0 Å². The molecule has 1 unspecified atom stereocenters. The molecule has 1 atom stereocenters. The lowest BCUT2D eigenvalue weighted by Crippen LogP contribution is -2.28. The Morgan fingerprint density at radius 3 is 3.18 bits per heavy atom. The molecule has 17 heavy (non-hydrogen) atoms. The van der Waals surface area contributed by atoms with Crippen LogP contribution < -0.4 is 5.32 Å². The van der Waals surface area contributed by atoms with E-state index in [9.17, 15) is 0 Å². The molecule has 0 aromatic heterocycles. The lowest BCUT2D eigenvalue weighted by atomic mass is 10.1. The van der Waals surface area contributed by atoms with Crippen molar-refractivity contribution in [1.29, 1.82) is 5.26 Å². The van der Waals surface area contributed by atoms with Gasteiger partial charge in [-0.15, -0.1) is 0 Å². The van der Waals surface area contributed by atoms with Gasteiger partial charge in [-0.3, -0.25) is 0 Å². The van der Waals surface area contributed by atoms with Crippen LogP contribution in [-0.2, 0) is 11.3 Å². The maximum Gasteiger partial charge on any atom is 0.110 e. The Labute approximate surface area is 102 Å². The number of hydrogen-bond acceptors (Lipinski definition) is 3. The molecule has 0 saturated heterocycles. The van der Waals surface area contributed by atoms with Crippen molar-refractivity contribution >= 4 is 0 Å². The third-order valence-corrected chi connectivity index (χ3v) is 2.78. The van der Waals surface area contributed by atoms with Crippen molar-refractivity contribution in [3.05, 3.63) is 47.7 Å². The van der Waals surface area contributed by atoms with E-state index < -0.39 is 0 Å². The Balaban J connectivity index is 1.77. The lowest BCUT2D eigenvalue weighted by molar-refractivity contribution is 0.122. The van der Waals surface area contributed by atoms with Crippen molar-refractivity contribution < 1.29 is 4.74 Å². The second-order valence-corrected chi connectivity index (χ2v) is 4.15. The highest BCUT2D eigenvalue weighted by atomic mass is 16.5. The van der Waals surface area contributed by atoms with Gasteiger partial charge in [0.2, 0.25) is 0 Å². The van der Waals surface area contributed by atoms with Crippen LogP contribution in [0, 0.1) is 11.3 Å². The van der Waals surface area contributed by atoms with Crippen molar-refractivity contribution in [3.8, 4) is 6.07 Å². The topological polar surface area (TPSA) is 45.0 Å². The first-order valence-corrected chi connectivity index (χ1v) is 5.89. The zero-order valence-electron chi connectivity index (χ0n) is 9.73. The fourth-order valence-electron chi connectivity index (χ4n) is 1.86. The van der Waals surface area contributed by atoms with Gasteiger partial charge in [-0.2, -0.15) is 5.26 Å². The van der Waals surface area contributed by atoms with Crippen LogP contribution in [0.1, 0.15) is 24.0 Å². The van der Waals surface area contributed by atoms with Gasteiger partial charge in [0.25, 0.3) is 0 Å². The lowest BCUT2D eigenvalue weighted by Gasteiger charge is -2.19. The van der Waals surface area contributed by atoms with Crippen molar-refractivity contribution in [3.63, 3.8) is 0 Å². The normalized spacial score (nSPS) is 18.4. The summed E-state index contributed by atoms with van der Waals surface area (Å²) in [4.78, 5) is 0. The summed E-state index contributed by atoms with van der Waals surface area (Å²) in [6.07, 6.45) is 6.27. The van der Waals surface area contributed by atoms with Crippen LogP contribution in [0.5, 0.6) is 0 Å². The van der Waals surface area contributed by atoms with Crippen LogP contribution in [0.4, 0.5) is 0 Å². The number of hydrogen-bond donors (Lipinski definition) is 1. The van der Waals surface area contributed by atoms with E-state index in [2.05, 4.69) is 11.4 Å². The summed E-state index contributed by atoms with van der Waals surface area (Å²) in [6.45, 7) is 1.63. The Morgan fingerprint density at radius 2 is 2.41 bits per heavy atom. The van der Waals surface area contributed by atoms with E-state index in [1.807, 2.05) is 30.3 Å². The molecule has 0 spiro atoms. The summed E-state index contributed by atoms with van der Waals surface area (Å²) >= 11 is 0. The fraction of sp³-hybridized carbons (Fsp3) is 0.357. The highest BCUT2D eigenvalue weighted by molar-refractivity contribution is 5.32. The summed E-state index contributed by atoms with van der Waals surface area (Å²) in [5, 5.41) is 12.1. The van der Waals surface area contributed by atoms with E-state index in [0.717, 1.165) is 31.5 Å². The molecule has 0 bridgehead atoms. The molecule has 0 fully saturated rings. The molecule has 3 heteroatoms. The summed E-state index contributed by atoms with van der Waals surface area (Å²) in [5.41, 5.74) is 1.84. The SMILES string of the molecule is N#Cc1cccc(CNCC2CCC=CO2)c1. The van der Waals surface area contributed by atoms with Crippen molar-refractivity contribution in [1.82, 2.24) is 5.32 Å². The Hall–Kier alpha value is -1.79. The molecule has 1 aromatic rings. The van der Waals surface area contributed by atoms with Gasteiger partial charge in [-0.05, 0) is 36.6 Å². The minimum Gasteiger partial charge on any atom is -0.497 e. The molecule has 3 nitrogen and oxygen atoms in total. The number of benzene rings is 1. The molecule has 2 rings (SSSR count). The van der Waals surface area contributed by atoms with Gasteiger partial charge in [0.15, 0.2) is 0 Å². The third kappa shape index (κ3) is 3.61. The summed E-state index contributed by atoms with van der Waals surface area (Å²) in [5.74, 6) is 0. The number of allylic oxidation sites excluding steroid dienone is 1. The average molecular weight is 228 g/mol. The van der Waals surface area contributed by atoms with Crippen LogP contribution in [0.25, 0.3) is 0 Å². The van der Waals surface area contributed by atoms with E-state index in [4.69, 9.17) is 10.00 Å². The quantitative estimate of drug-likeness (QED) is 0.860. The van der Waals surface area contributed by atoms with Crippen LogP contribution in [0.3, 0.4) is 0 Å². The molecular weight excluding hydrogens is 212 g/mol. The number of nitrogens with one attached hydrogen (secondary N) is 1. The van der Waals surface area contributed by atoms with E-state index in [-0.39, 0.29) is 6.10 Å². The highest BCUT2D eigenvalue weighted by Gasteiger charge is 2.09.